The molecule has 0 aromatic heterocycles. The largest absolute Gasteiger partial charge is 0.349 e. The van der Waals surface area contributed by atoms with Gasteiger partial charge in [0.1, 0.15) is 0 Å². The summed E-state index contributed by atoms with van der Waals surface area (Å²) in [6.07, 6.45) is 5.05. The van der Waals surface area contributed by atoms with Crippen LogP contribution in [0.25, 0.3) is 0 Å². The summed E-state index contributed by atoms with van der Waals surface area (Å²) in [5, 5.41) is 9.37. The molecule has 1 saturated carbocycles. The van der Waals surface area contributed by atoms with Crippen molar-refractivity contribution in [1.82, 2.24) is 10.6 Å². The number of hydrogen-bond donors (Lipinski definition) is 3. The normalized spacial score (nSPS) is 20.3. The molecule has 3 N–H and O–H groups in total. The van der Waals surface area contributed by atoms with Gasteiger partial charge in [0.05, 0.1) is 16.6 Å². The zero-order chi connectivity index (χ0) is 15.5. The Morgan fingerprint density at radius 3 is 2.61 bits per heavy atom. The van der Waals surface area contributed by atoms with E-state index in [2.05, 4.69) is 16.0 Å². The summed E-state index contributed by atoms with van der Waals surface area (Å²) in [7, 11) is 0. The highest BCUT2D eigenvalue weighted by Crippen LogP contribution is 2.24. The molecule has 1 atom stereocenters. The Morgan fingerprint density at radius 2 is 1.96 bits per heavy atom. The van der Waals surface area contributed by atoms with Gasteiger partial charge >= 0.3 is 0 Å². The summed E-state index contributed by atoms with van der Waals surface area (Å²) in [5.74, 6) is -0.241. The van der Waals surface area contributed by atoms with E-state index in [0.29, 0.717) is 16.3 Å². The molecule has 2 fully saturated rings. The average Bonchev–Trinajstić information content (AvgIpc) is 3.34. The molecule has 2 amide bonds. The monoisotopic (exact) mass is 357 g/mol. The van der Waals surface area contributed by atoms with Crippen LogP contribution in [-0.4, -0.2) is 30.4 Å². The number of carbonyl (C=O) groups excluding carboxylic acids is 2. The summed E-state index contributed by atoms with van der Waals surface area (Å²) in [6.45, 7) is 0.869. The van der Waals surface area contributed by atoms with Crippen molar-refractivity contribution in [2.45, 2.75) is 44.2 Å². The maximum absolute atomic E-state index is 12.2. The molecule has 5 nitrogen and oxygen atoms in total. The Hall–Kier alpha value is -1.30. The van der Waals surface area contributed by atoms with Gasteiger partial charge in [-0.15, -0.1) is 12.4 Å². The van der Waals surface area contributed by atoms with Crippen molar-refractivity contribution in [3.8, 4) is 0 Å². The minimum absolute atomic E-state index is 0. The van der Waals surface area contributed by atoms with Crippen LogP contribution in [-0.2, 0) is 4.79 Å². The van der Waals surface area contributed by atoms with Crippen LogP contribution in [0.4, 0.5) is 5.69 Å². The zero-order valence-corrected chi connectivity index (χ0v) is 14.3. The van der Waals surface area contributed by atoms with Gasteiger partial charge in [-0.25, -0.2) is 0 Å². The first-order valence-electron chi connectivity index (χ1n) is 7.78. The highest BCUT2D eigenvalue weighted by molar-refractivity contribution is 6.34. The molecule has 0 spiro atoms. The van der Waals surface area contributed by atoms with Crippen molar-refractivity contribution in [3.63, 3.8) is 0 Å². The molecule has 7 heteroatoms. The minimum Gasteiger partial charge on any atom is -0.349 e. The van der Waals surface area contributed by atoms with Gasteiger partial charge in [0.2, 0.25) is 5.91 Å². The second kappa shape index (κ2) is 7.99. The molecule has 2 aliphatic rings. The Morgan fingerprint density at radius 1 is 1.17 bits per heavy atom. The zero-order valence-electron chi connectivity index (χ0n) is 12.7. The summed E-state index contributed by atoms with van der Waals surface area (Å²) in [5.41, 5.74) is 1.01. The second-order valence-electron chi connectivity index (χ2n) is 5.93. The maximum atomic E-state index is 12.2. The first-order valence-corrected chi connectivity index (χ1v) is 8.16. The van der Waals surface area contributed by atoms with Crippen molar-refractivity contribution in [3.05, 3.63) is 28.8 Å². The molecule has 1 aliphatic carbocycles. The SMILES string of the molecule is Cl.O=C(NC1CC1)c1cc(NC(=O)C2CCCCN2)ccc1Cl. The number of rotatable bonds is 4. The van der Waals surface area contributed by atoms with E-state index in [4.69, 9.17) is 11.6 Å². The van der Waals surface area contributed by atoms with Gasteiger partial charge < -0.3 is 16.0 Å². The van der Waals surface area contributed by atoms with E-state index < -0.39 is 0 Å². The number of carbonyl (C=O) groups is 2. The van der Waals surface area contributed by atoms with E-state index in [1.165, 1.54) is 0 Å². The smallest absolute Gasteiger partial charge is 0.253 e. The van der Waals surface area contributed by atoms with E-state index in [-0.39, 0.29) is 36.3 Å². The van der Waals surface area contributed by atoms with Crippen molar-refractivity contribution in [2.24, 2.45) is 0 Å². The summed E-state index contributed by atoms with van der Waals surface area (Å²) < 4.78 is 0. The van der Waals surface area contributed by atoms with E-state index in [1.807, 2.05) is 0 Å². The fraction of sp³-hybridized carbons (Fsp3) is 0.500. The fourth-order valence-electron chi connectivity index (χ4n) is 2.57. The van der Waals surface area contributed by atoms with Gasteiger partial charge in [0.25, 0.3) is 5.91 Å². The summed E-state index contributed by atoms with van der Waals surface area (Å²) in [6, 6.07) is 5.12. The van der Waals surface area contributed by atoms with Crippen molar-refractivity contribution < 1.29 is 9.59 Å². The van der Waals surface area contributed by atoms with Gasteiger partial charge in [0, 0.05) is 11.7 Å². The molecule has 1 aromatic carbocycles. The van der Waals surface area contributed by atoms with Gasteiger partial charge in [-0.05, 0) is 50.4 Å². The predicted octanol–water partition coefficient (Wildman–Crippen LogP) is 2.73. The van der Waals surface area contributed by atoms with Crippen molar-refractivity contribution in [2.75, 3.05) is 11.9 Å². The number of nitrogens with one attached hydrogen (secondary N) is 3. The van der Waals surface area contributed by atoms with Gasteiger partial charge in [-0.1, -0.05) is 18.0 Å². The minimum atomic E-state index is -0.181. The quantitative estimate of drug-likeness (QED) is 0.775. The molecule has 0 radical (unpaired) electrons. The lowest BCUT2D eigenvalue weighted by molar-refractivity contribution is -0.118. The summed E-state index contributed by atoms with van der Waals surface area (Å²) in [4.78, 5) is 24.3. The van der Waals surface area contributed by atoms with Gasteiger partial charge in [0.15, 0.2) is 0 Å². The Bertz CT molecular complexity index is 585. The van der Waals surface area contributed by atoms with Crippen molar-refractivity contribution >= 4 is 41.5 Å². The van der Waals surface area contributed by atoms with Crippen LogP contribution in [0.2, 0.25) is 5.02 Å². The molecule has 1 aromatic rings. The fourth-order valence-corrected chi connectivity index (χ4v) is 2.78. The maximum Gasteiger partial charge on any atom is 0.253 e. The third-order valence-corrected chi connectivity index (χ3v) is 4.35. The van der Waals surface area contributed by atoms with Crippen LogP contribution in [0.15, 0.2) is 18.2 Å². The first kappa shape index (κ1) is 18.0. The molecule has 3 rings (SSSR count). The molecular weight excluding hydrogens is 337 g/mol. The van der Waals surface area contributed by atoms with Crippen LogP contribution in [0, 0.1) is 0 Å². The average molecular weight is 358 g/mol. The number of piperidine rings is 1. The van der Waals surface area contributed by atoms with Gasteiger partial charge in [-0.3, -0.25) is 9.59 Å². The lowest BCUT2D eigenvalue weighted by atomic mass is 10.0. The van der Waals surface area contributed by atoms with Crippen LogP contribution in [0.3, 0.4) is 0 Å². The molecule has 1 aliphatic heterocycles. The number of benzene rings is 1. The molecule has 23 heavy (non-hydrogen) atoms. The molecule has 126 valence electrons. The van der Waals surface area contributed by atoms with Crippen LogP contribution in [0.5, 0.6) is 0 Å². The number of hydrogen-bond acceptors (Lipinski definition) is 3. The van der Waals surface area contributed by atoms with E-state index in [9.17, 15) is 9.59 Å². The van der Waals surface area contributed by atoms with Crippen LogP contribution >= 0.6 is 24.0 Å². The lowest BCUT2D eigenvalue weighted by Crippen LogP contribution is -2.43. The molecular formula is C16H21Cl2N3O2. The lowest BCUT2D eigenvalue weighted by Gasteiger charge is -2.22. The van der Waals surface area contributed by atoms with E-state index >= 15 is 0 Å². The van der Waals surface area contributed by atoms with Gasteiger partial charge in [-0.2, -0.15) is 0 Å². The summed E-state index contributed by atoms with van der Waals surface area (Å²) >= 11 is 6.09. The number of anilines is 1. The Labute approximate surface area is 146 Å². The molecule has 1 unspecified atom stereocenters. The number of halogens is 2. The van der Waals surface area contributed by atoms with Crippen molar-refractivity contribution in [1.29, 1.82) is 0 Å². The Balaban J connectivity index is 0.00000192. The third-order valence-electron chi connectivity index (χ3n) is 4.02. The molecule has 1 saturated heterocycles. The molecule has 0 bridgehead atoms. The second-order valence-corrected chi connectivity index (χ2v) is 6.34. The van der Waals surface area contributed by atoms with E-state index in [0.717, 1.165) is 38.6 Å². The number of amides is 2. The highest BCUT2D eigenvalue weighted by Gasteiger charge is 2.25. The predicted molar refractivity (Wildman–Crippen MR) is 93.5 cm³/mol. The Kier molecular flexibility index (Phi) is 6.27. The van der Waals surface area contributed by atoms with Crippen LogP contribution in [0.1, 0.15) is 42.5 Å². The van der Waals surface area contributed by atoms with E-state index in [1.54, 1.807) is 18.2 Å². The third kappa shape index (κ3) is 4.83. The molecule has 1 heterocycles. The first-order chi connectivity index (χ1) is 10.6. The topological polar surface area (TPSA) is 70.2 Å². The standard InChI is InChI=1S/C16H20ClN3O2.ClH/c17-13-7-6-11(9-12(13)15(21)19-10-4-5-10)20-16(22)14-3-1-2-8-18-14;/h6-7,9-10,14,18H,1-5,8H2,(H,19,21)(H,20,22);1H. The highest BCUT2D eigenvalue weighted by atomic mass is 35.5. The van der Waals surface area contributed by atoms with Crippen LogP contribution < -0.4 is 16.0 Å².